The van der Waals surface area contributed by atoms with Crippen LogP contribution in [0.4, 0.5) is 8.78 Å². The van der Waals surface area contributed by atoms with E-state index in [0.29, 0.717) is 24.1 Å². The molecule has 0 aromatic carbocycles. The molecule has 126 valence electrons. The molecule has 0 spiro atoms. The average molecular weight is 326 g/mol. The van der Waals surface area contributed by atoms with Crippen LogP contribution in [0.3, 0.4) is 0 Å². The van der Waals surface area contributed by atoms with Gasteiger partial charge in [-0.05, 0) is 6.92 Å². The van der Waals surface area contributed by atoms with Crippen molar-refractivity contribution < 1.29 is 13.3 Å². The van der Waals surface area contributed by atoms with Gasteiger partial charge in [-0.25, -0.2) is 4.98 Å². The number of piperazine rings is 1. The fourth-order valence-corrected chi connectivity index (χ4v) is 2.80. The van der Waals surface area contributed by atoms with E-state index < -0.39 is 6.55 Å². The highest BCUT2D eigenvalue weighted by atomic mass is 19.3. The molecule has 2 aromatic rings. The van der Waals surface area contributed by atoms with E-state index >= 15 is 0 Å². The predicted molar refractivity (Wildman–Crippen MR) is 77.8 cm³/mol. The maximum Gasteiger partial charge on any atom is 0.319 e. The van der Waals surface area contributed by atoms with Crippen molar-refractivity contribution in [3.05, 3.63) is 29.9 Å². The second kappa shape index (κ2) is 6.71. The number of nitrogens with zero attached hydrogens (tertiary/aromatic N) is 6. The lowest BCUT2D eigenvalue weighted by Crippen LogP contribution is -2.47. The van der Waals surface area contributed by atoms with E-state index in [4.69, 9.17) is 4.52 Å². The Labute approximate surface area is 132 Å². The minimum atomic E-state index is -2.55. The third-order valence-electron chi connectivity index (χ3n) is 4.20. The number of halogens is 2. The third-order valence-corrected chi connectivity index (χ3v) is 4.20. The Bertz CT molecular complexity index is 635. The molecule has 0 amide bonds. The second-order valence-corrected chi connectivity index (χ2v) is 5.69. The fourth-order valence-electron chi connectivity index (χ4n) is 2.80. The summed E-state index contributed by atoms with van der Waals surface area (Å²) in [5.74, 6) is 1.64. The van der Waals surface area contributed by atoms with Crippen LogP contribution >= 0.6 is 0 Å². The first-order valence-electron chi connectivity index (χ1n) is 7.61. The molecule has 0 bridgehead atoms. The molecular formula is C14H20F2N6O. The molecule has 2 aromatic heterocycles. The van der Waals surface area contributed by atoms with Gasteiger partial charge in [0.25, 0.3) is 0 Å². The summed E-state index contributed by atoms with van der Waals surface area (Å²) in [6.45, 7) is 4.93. The molecular weight excluding hydrogens is 306 g/mol. The van der Waals surface area contributed by atoms with Crippen molar-refractivity contribution in [2.24, 2.45) is 0 Å². The highest BCUT2D eigenvalue weighted by molar-refractivity contribution is 4.96. The summed E-state index contributed by atoms with van der Waals surface area (Å²) < 4.78 is 31.6. The normalized spacial score (nSPS) is 18.7. The van der Waals surface area contributed by atoms with E-state index in [0.717, 1.165) is 30.7 Å². The van der Waals surface area contributed by atoms with Gasteiger partial charge >= 0.3 is 6.55 Å². The van der Waals surface area contributed by atoms with Gasteiger partial charge in [0.1, 0.15) is 5.82 Å². The lowest BCUT2D eigenvalue weighted by atomic mass is 10.2. The minimum Gasteiger partial charge on any atom is -0.340 e. The number of hydrogen-bond donors (Lipinski definition) is 0. The largest absolute Gasteiger partial charge is 0.340 e. The zero-order valence-corrected chi connectivity index (χ0v) is 13.2. The fraction of sp³-hybridized carbons (Fsp3) is 0.643. The van der Waals surface area contributed by atoms with E-state index in [1.165, 1.54) is 12.4 Å². The lowest BCUT2D eigenvalue weighted by molar-refractivity contribution is 0.0576. The van der Waals surface area contributed by atoms with Gasteiger partial charge < -0.3 is 4.52 Å². The monoisotopic (exact) mass is 326 g/mol. The molecule has 1 aliphatic heterocycles. The number of imidazole rings is 1. The molecule has 1 aliphatic rings. The standard InChI is InChI=1S/C14H20F2N6O/c1-10(13-18-11(2)23-19-13)21-7-5-20(6-8-21)9-12-17-3-4-22(12)14(15)16/h3-4,10,14H,5-9H2,1-2H3. The summed E-state index contributed by atoms with van der Waals surface area (Å²) in [5.41, 5.74) is 0. The second-order valence-electron chi connectivity index (χ2n) is 5.69. The first kappa shape index (κ1) is 16.0. The van der Waals surface area contributed by atoms with E-state index in [1.54, 1.807) is 6.92 Å². The molecule has 3 rings (SSSR count). The Morgan fingerprint density at radius 1 is 1.26 bits per heavy atom. The summed E-state index contributed by atoms with van der Waals surface area (Å²) >= 11 is 0. The van der Waals surface area contributed by atoms with Gasteiger partial charge in [0.15, 0.2) is 5.82 Å². The predicted octanol–water partition coefficient (Wildman–Crippen LogP) is 1.85. The Morgan fingerprint density at radius 3 is 2.61 bits per heavy atom. The summed E-state index contributed by atoms with van der Waals surface area (Å²) in [4.78, 5) is 12.7. The van der Waals surface area contributed by atoms with E-state index in [9.17, 15) is 8.78 Å². The van der Waals surface area contributed by atoms with Crippen LogP contribution in [-0.2, 0) is 6.54 Å². The molecule has 0 N–H and O–H groups in total. The maximum atomic E-state index is 12.8. The van der Waals surface area contributed by atoms with Crippen LogP contribution in [0.25, 0.3) is 0 Å². The Morgan fingerprint density at radius 2 is 2.00 bits per heavy atom. The maximum absolute atomic E-state index is 12.8. The van der Waals surface area contributed by atoms with Gasteiger partial charge in [-0.2, -0.15) is 13.8 Å². The van der Waals surface area contributed by atoms with Crippen LogP contribution in [0.2, 0.25) is 0 Å². The van der Waals surface area contributed by atoms with Crippen LogP contribution in [0.15, 0.2) is 16.9 Å². The minimum absolute atomic E-state index is 0.0812. The molecule has 0 saturated carbocycles. The van der Waals surface area contributed by atoms with E-state index in [1.807, 2.05) is 6.92 Å². The Balaban J connectivity index is 1.55. The van der Waals surface area contributed by atoms with Crippen LogP contribution in [0.1, 0.15) is 37.1 Å². The topological polar surface area (TPSA) is 63.2 Å². The molecule has 1 fully saturated rings. The third kappa shape index (κ3) is 3.56. The van der Waals surface area contributed by atoms with Gasteiger partial charge in [-0.15, -0.1) is 0 Å². The molecule has 1 unspecified atom stereocenters. The van der Waals surface area contributed by atoms with Crippen molar-refractivity contribution in [3.8, 4) is 0 Å². The molecule has 9 heteroatoms. The Hall–Kier alpha value is -1.87. The molecule has 0 radical (unpaired) electrons. The highest BCUT2D eigenvalue weighted by Crippen LogP contribution is 2.20. The molecule has 1 atom stereocenters. The summed E-state index contributed by atoms with van der Waals surface area (Å²) in [7, 11) is 0. The van der Waals surface area contributed by atoms with Crippen molar-refractivity contribution >= 4 is 0 Å². The lowest BCUT2D eigenvalue weighted by Gasteiger charge is -2.36. The molecule has 7 nitrogen and oxygen atoms in total. The van der Waals surface area contributed by atoms with E-state index in [2.05, 4.69) is 24.9 Å². The zero-order chi connectivity index (χ0) is 16.4. The number of rotatable bonds is 5. The van der Waals surface area contributed by atoms with Gasteiger partial charge in [0.2, 0.25) is 5.89 Å². The van der Waals surface area contributed by atoms with Gasteiger partial charge in [0.05, 0.1) is 12.6 Å². The SMILES string of the molecule is Cc1nc(C(C)N2CCN(Cc3nccn3C(F)F)CC2)no1. The van der Waals surface area contributed by atoms with Crippen molar-refractivity contribution in [2.45, 2.75) is 33.0 Å². The first-order chi connectivity index (χ1) is 11.0. The van der Waals surface area contributed by atoms with Gasteiger partial charge in [-0.3, -0.25) is 14.4 Å². The summed E-state index contributed by atoms with van der Waals surface area (Å²) in [5, 5.41) is 3.96. The zero-order valence-electron chi connectivity index (χ0n) is 13.2. The van der Waals surface area contributed by atoms with Crippen molar-refractivity contribution in [3.63, 3.8) is 0 Å². The van der Waals surface area contributed by atoms with E-state index in [-0.39, 0.29) is 6.04 Å². The summed E-state index contributed by atoms with van der Waals surface area (Å²) in [6.07, 6.45) is 2.73. The summed E-state index contributed by atoms with van der Waals surface area (Å²) in [6, 6.07) is 0.0812. The van der Waals surface area contributed by atoms with Crippen molar-refractivity contribution in [2.75, 3.05) is 26.2 Å². The Kier molecular flexibility index (Phi) is 4.67. The number of hydrogen-bond acceptors (Lipinski definition) is 6. The first-order valence-corrected chi connectivity index (χ1v) is 7.61. The quantitative estimate of drug-likeness (QED) is 0.835. The van der Waals surface area contributed by atoms with Crippen LogP contribution in [-0.4, -0.2) is 55.7 Å². The molecule has 3 heterocycles. The van der Waals surface area contributed by atoms with Crippen molar-refractivity contribution in [1.29, 1.82) is 0 Å². The molecule has 0 aliphatic carbocycles. The molecule has 1 saturated heterocycles. The van der Waals surface area contributed by atoms with Gasteiger partial charge in [-0.1, -0.05) is 5.16 Å². The van der Waals surface area contributed by atoms with Crippen LogP contribution < -0.4 is 0 Å². The average Bonchev–Trinajstić information content (AvgIpc) is 3.16. The van der Waals surface area contributed by atoms with Crippen LogP contribution in [0, 0.1) is 6.92 Å². The number of alkyl halides is 2. The number of aromatic nitrogens is 4. The van der Waals surface area contributed by atoms with Crippen molar-refractivity contribution in [1.82, 2.24) is 29.5 Å². The highest BCUT2D eigenvalue weighted by Gasteiger charge is 2.25. The smallest absolute Gasteiger partial charge is 0.319 e. The van der Waals surface area contributed by atoms with Crippen LogP contribution in [0.5, 0.6) is 0 Å². The number of aryl methyl sites for hydroxylation is 1. The molecule has 23 heavy (non-hydrogen) atoms. The van der Waals surface area contributed by atoms with Gasteiger partial charge in [0, 0.05) is 45.5 Å².